The Labute approximate surface area is 155 Å². The number of rotatable bonds is 2. The summed E-state index contributed by atoms with van der Waals surface area (Å²) >= 11 is 0. The van der Waals surface area contributed by atoms with E-state index in [1.807, 2.05) is 13.0 Å². The fourth-order valence-electron chi connectivity index (χ4n) is 3.91. The van der Waals surface area contributed by atoms with Crippen molar-refractivity contribution in [3.8, 4) is 0 Å². The fourth-order valence-corrected chi connectivity index (χ4v) is 3.91. The van der Waals surface area contributed by atoms with Crippen LogP contribution in [0.1, 0.15) is 30.3 Å². The van der Waals surface area contributed by atoms with Gasteiger partial charge in [0.1, 0.15) is 17.5 Å². The van der Waals surface area contributed by atoms with Crippen LogP contribution in [0.4, 0.5) is 10.2 Å². The minimum atomic E-state index is -0.305. The van der Waals surface area contributed by atoms with Gasteiger partial charge in [0.05, 0.1) is 17.4 Å². The molecular weight excluding hydrogens is 345 g/mol. The van der Waals surface area contributed by atoms with E-state index in [4.69, 9.17) is 4.52 Å². The number of halogens is 1. The molecule has 1 saturated heterocycles. The average Bonchev–Trinajstić information content (AvgIpc) is 3.10. The summed E-state index contributed by atoms with van der Waals surface area (Å²) in [6.45, 7) is 3.64. The van der Waals surface area contributed by atoms with Gasteiger partial charge in [-0.1, -0.05) is 5.16 Å². The van der Waals surface area contributed by atoms with Crippen LogP contribution < -0.4 is 4.90 Å². The molecule has 0 saturated carbocycles. The minimum absolute atomic E-state index is 0.295. The maximum absolute atomic E-state index is 13.4. The summed E-state index contributed by atoms with van der Waals surface area (Å²) in [5.41, 5.74) is 2.31. The Balaban J connectivity index is 1.42. The average molecular weight is 363 g/mol. The van der Waals surface area contributed by atoms with E-state index in [1.54, 1.807) is 18.5 Å². The standard InChI is InChI=1S/C20H18FN5O/c1-12-23-17-11-22-7-4-15(17)20(24-12)26-8-5-13(6-9-26)19-16-3-2-14(21)10-18(16)27-25-19/h2-4,7,10-11,13H,5-6,8-9H2,1H3. The fraction of sp³-hybridized carbons (Fsp3) is 0.300. The van der Waals surface area contributed by atoms with E-state index in [1.165, 1.54) is 12.1 Å². The van der Waals surface area contributed by atoms with Crippen molar-refractivity contribution in [2.45, 2.75) is 25.7 Å². The molecule has 4 heterocycles. The zero-order valence-corrected chi connectivity index (χ0v) is 14.9. The molecule has 0 radical (unpaired) electrons. The molecule has 1 aromatic carbocycles. The second kappa shape index (κ2) is 6.26. The Morgan fingerprint density at radius 2 is 1.96 bits per heavy atom. The van der Waals surface area contributed by atoms with Gasteiger partial charge in [0.25, 0.3) is 0 Å². The highest BCUT2D eigenvalue weighted by Gasteiger charge is 2.26. The molecule has 0 aliphatic carbocycles. The van der Waals surface area contributed by atoms with Gasteiger partial charge in [0, 0.05) is 42.0 Å². The van der Waals surface area contributed by atoms with Crippen molar-refractivity contribution in [1.82, 2.24) is 20.1 Å². The summed E-state index contributed by atoms with van der Waals surface area (Å²) in [7, 11) is 0. The number of anilines is 1. The summed E-state index contributed by atoms with van der Waals surface area (Å²) in [5, 5.41) is 6.16. The molecular formula is C20H18FN5O. The monoisotopic (exact) mass is 363 g/mol. The quantitative estimate of drug-likeness (QED) is 0.536. The van der Waals surface area contributed by atoms with Crippen molar-refractivity contribution in [3.05, 3.63) is 54.0 Å². The van der Waals surface area contributed by atoms with Crippen LogP contribution in [0.15, 0.2) is 41.2 Å². The number of benzene rings is 1. The number of piperidine rings is 1. The SMILES string of the molecule is Cc1nc(N2CCC(c3noc4cc(F)ccc34)CC2)c2ccncc2n1. The Bertz CT molecular complexity index is 1130. The molecule has 0 bridgehead atoms. The molecule has 4 aromatic rings. The van der Waals surface area contributed by atoms with Gasteiger partial charge in [-0.2, -0.15) is 0 Å². The highest BCUT2D eigenvalue weighted by atomic mass is 19.1. The highest BCUT2D eigenvalue weighted by molar-refractivity contribution is 5.89. The van der Waals surface area contributed by atoms with E-state index >= 15 is 0 Å². The lowest BCUT2D eigenvalue weighted by molar-refractivity contribution is 0.416. The lowest BCUT2D eigenvalue weighted by Crippen LogP contribution is -2.34. The van der Waals surface area contributed by atoms with Crippen molar-refractivity contribution in [1.29, 1.82) is 0 Å². The zero-order chi connectivity index (χ0) is 18.4. The molecule has 0 unspecified atom stereocenters. The second-order valence-electron chi connectivity index (χ2n) is 6.96. The summed E-state index contributed by atoms with van der Waals surface area (Å²) in [6.07, 6.45) is 5.43. The molecule has 1 fully saturated rings. The van der Waals surface area contributed by atoms with E-state index in [-0.39, 0.29) is 5.82 Å². The van der Waals surface area contributed by atoms with Crippen molar-refractivity contribution in [2.24, 2.45) is 0 Å². The maximum Gasteiger partial charge on any atom is 0.170 e. The predicted molar refractivity (Wildman–Crippen MR) is 100 cm³/mol. The topological polar surface area (TPSA) is 67.9 Å². The van der Waals surface area contributed by atoms with Crippen molar-refractivity contribution in [2.75, 3.05) is 18.0 Å². The second-order valence-corrected chi connectivity index (χ2v) is 6.96. The van der Waals surface area contributed by atoms with E-state index in [9.17, 15) is 4.39 Å². The maximum atomic E-state index is 13.4. The summed E-state index contributed by atoms with van der Waals surface area (Å²) in [6, 6.07) is 6.58. The van der Waals surface area contributed by atoms with E-state index < -0.39 is 0 Å². The third-order valence-corrected chi connectivity index (χ3v) is 5.23. The molecule has 6 nitrogen and oxygen atoms in total. The molecule has 3 aromatic heterocycles. The van der Waals surface area contributed by atoms with Crippen LogP contribution in [0, 0.1) is 12.7 Å². The lowest BCUT2D eigenvalue weighted by atomic mass is 9.91. The molecule has 7 heteroatoms. The molecule has 1 aliphatic rings. The van der Waals surface area contributed by atoms with E-state index in [0.717, 1.165) is 59.6 Å². The summed E-state index contributed by atoms with van der Waals surface area (Å²) < 4.78 is 18.7. The largest absolute Gasteiger partial charge is 0.356 e. The lowest BCUT2D eigenvalue weighted by Gasteiger charge is -2.32. The Morgan fingerprint density at radius 3 is 2.81 bits per heavy atom. The van der Waals surface area contributed by atoms with Gasteiger partial charge in [-0.25, -0.2) is 14.4 Å². The van der Waals surface area contributed by atoms with Gasteiger partial charge in [-0.15, -0.1) is 0 Å². The first-order valence-electron chi connectivity index (χ1n) is 9.07. The third kappa shape index (κ3) is 2.79. The number of fused-ring (bicyclic) bond motifs is 2. The normalized spacial score (nSPS) is 15.7. The zero-order valence-electron chi connectivity index (χ0n) is 14.9. The van der Waals surface area contributed by atoms with Crippen LogP contribution in [-0.2, 0) is 0 Å². The van der Waals surface area contributed by atoms with Crippen molar-refractivity contribution < 1.29 is 8.91 Å². The molecule has 136 valence electrons. The van der Waals surface area contributed by atoms with Gasteiger partial charge >= 0.3 is 0 Å². The molecule has 5 rings (SSSR count). The van der Waals surface area contributed by atoms with Gasteiger partial charge in [0.15, 0.2) is 5.58 Å². The number of aromatic nitrogens is 4. The van der Waals surface area contributed by atoms with Gasteiger partial charge in [0.2, 0.25) is 0 Å². The van der Waals surface area contributed by atoms with Crippen molar-refractivity contribution >= 4 is 27.7 Å². The van der Waals surface area contributed by atoms with Crippen LogP contribution in [0.25, 0.3) is 21.9 Å². The Hall–Kier alpha value is -3.09. The van der Waals surface area contributed by atoms with Crippen LogP contribution in [0.3, 0.4) is 0 Å². The van der Waals surface area contributed by atoms with Gasteiger partial charge in [-0.3, -0.25) is 4.98 Å². The van der Waals surface area contributed by atoms with Crippen LogP contribution >= 0.6 is 0 Å². The first-order valence-corrected chi connectivity index (χ1v) is 9.07. The predicted octanol–water partition coefficient (Wildman–Crippen LogP) is 4.00. The number of pyridine rings is 1. The molecule has 0 amide bonds. The van der Waals surface area contributed by atoms with Crippen LogP contribution in [0.2, 0.25) is 0 Å². The summed E-state index contributed by atoms with van der Waals surface area (Å²) in [4.78, 5) is 15.6. The first-order chi connectivity index (χ1) is 13.2. The highest BCUT2D eigenvalue weighted by Crippen LogP contribution is 2.35. The molecule has 0 atom stereocenters. The third-order valence-electron chi connectivity index (χ3n) is 5.23. The van der Waals surface area contributed by atoms with Gasteiger partial charge < -0.3 is 9.42 Å². The smallest absolute Gasteiger partial charge is 0.170 e. The Morgan fingerprint density at radius 1 is 1.11 bits per heavy atom. The molecule has 0 spiro atoms. The van der Waals surface area contributed by atoms with E-state index in [2.05, 4.69) is 25.0 Å². The number of nitrogens with zero attached hydrogens (tertiary/aromatic N) is 5. The Kier molecular flexibility index (Phi) is 3.74. The molecule has 1 aliphatic heterocycles. The molecule has 0 N–H and O–H groups in total. The first kappa shape index (κ1) is 16.1. The number of hydrogen-bond acceptors (Lipinski definition) is 6. The minimum Gasteiger partial charge on any atom is -0.356 e. The number of aryl methyl sites for hydroxylation is 1. The number of hydrogen-bond donors (Lipinski definition) is 0. The summed E-state index contributed by atoms with van der Waals surface area (Å²) in [5.74, 6) is 1.70. The van der Waals surface area contributed by atoms with Crippen molar-refractivity contribution in [3.63, 3.8) is 0 Å². The van der Waals surface area contributed by atoms with Gasteiger partial charge in [-0.05, 0) is 38.0 Å². The molecule has 27 heavy (non-hydrogen) atoms. The van der Waals surface area contributed by atoms with E-state index in [0.29, 0.717) is 11.5 Å². The van der Waals surface area contributed by atoms with Crippen LogP contribution in [-0.4, -0.2) is 33.2 Å². The van der Waals surface area contributed by atoms with Crippen LogP contribution in [0.5, 0.6) is 0 Å².